The summed E-state index contributed by atoms with van der Waals surface area (Å²) >= 11 is 0. The van der Waals surface area contributed by atoms with E-state index in [2.05, 4.69) is 4.89 Å². The average molecular weight is 633 g/mol. The number of hydrogen-bond acceptors (Lipinski definition) is 7. The number of anilines is 2. The number of imide groups is 2. The number of carboxylic acid groups (broad SMARTS) is 1. The normalized spacial score (nSPS) is 14.4. The van der Waals surface area contributed by atoms with Crippen molar-refractivity contribution in [2.45, 2.75) is 6.61 Å². The van der Waals surface area contributed by atoms with E-state index >= 15 is 0 Å². The second-order valence-electron chi connectivity index (χ2n) is 11.8. The van der Waals surface area contributed by atoms with E-state index in [1.807, 2.05) is 24.3 Å². The zero-order chi connectivity index (χ0) is 33.0. The van der Waals surface area contributed by atoms with E-state index in [0.29, 0.717) is 44.3 Å². The molecule has 0 atom stereocenters. The monoisotopic (exact) mass is 632 g/mol. The Bertz CT molecular complexity index is 2510. The van der Waals surface area contributed by atoms with Gasteiger partial charge in [-0.1, -0.05) is 36.4 Å². The number of aromatic carboxylic acids is 1. The summed E-state index contributed by atoms with van der Waals surface area (Å²) in [5.41, 5.74) is 2.76. The van der Waals surface area contributed by atoms with Gasteiger partial charge in [0.1, 0.15) is 6.61 Å². The first kappa shape index (κ1) is 27.8. The molecule has 0 aromatic heterocycles. The molecular weight excluding hydrogens is 612 g/mol. The summed E-state index contributed by atoms with van der Waals surface area (Å²) in [6.07, 6.45) is 0. The molecule has 4 amide bonds. The van der Waals surface area contributed by atoms with Crippen molar-refractivity contribution < 1.29 is 39.2 Å². The second-order valence-corrected chi connectivity index (χ2v) is 11.8. The fraction of sp³-hybridized carbons (Fsp3) is 0.0263. The third-order valence-corrected chi connectivity index (χ3v) is 9.43. The lowest BCUT2D eigenvalue weighted by Crippen LogP contribution is -2.40. The minimum absolute atomic E-state index is 0.0317. The van der Waals surface area contributed by atoms with E-state index in [4.69, 9.17) is 5.26 Å². The highest BCUT2D eigenvalue weighted by Crippen LogP contribution is 2.47. The Balaban J connectivity index is 1.24. The molecule has 0 fully saturated rings. The zero-order valence-electron chi connectivity index (χ0n) is 24.7. The van der Waals surface area contributed by atoms with Gasteiger partial charge in [0.15, 0.2) is 0 Å². The lowest BCUT2D eigenvalue weighted by molar-refractivity contribution is -0.253. The number of nitrogens with zero attached hydrogens (tertiary/aromatic N) is 2. The van der Waals surface area contributed by atoms with Crippen molar-refractivity contribution in [2.75, 3.05) is 9.80 Å². The summed E-state index contributed by atoms with van der Waals surface area (Å²) in [6.45, 7) is -0.0317. The first-order valence-electron chi connectivity index (χ1n) is 14.9. The minimum Gasteiger partial charge on any atom is -0.478 e. The topological polar surface area (TPSA) is 142 Å². The van der Waals surface area contributed by atoms with E-state index in [1.165, 1.54) is 24.3 Å². The van der Waals surface area contributed by atoms with Crippen molar-refractivity contribution in [3.8, 4) is 0 Å². The van der Waals surface area contributed by atoms with Crippen LogP contribution in [0, 0.1) is 0 Å². The van der Waals surface area contributed by atoms with Crippen LogP contribution < -0.4 is 9.80 Å². The number of carboxylic acids is 1. The maximum atomic E-state index is 13.9. The molecule has 0 radical (unpaired) electrons. The maximum absolute atomic E-state index is 13.9. The van der Waals surface area contributed by atoms with E-state index in [1.54, 1.807) is 48.5 Å². The number of rotatable bonds is 5. The van der Waals surface area contributed by atoms with Crippen molar-refractivity contribution in [1.82, 2.24) is 0 Å². The minimum atomic E-state index is -1.12. The standard InChI is InChI=1S/C38H20N2O8/c41-34-26-13-9-22-24-11-15-28-33-29(37(44)40(36(28)43)21-7-3-19(4-8-21)38(45)46)16-12-25(31(24)33)23-10-14-27(32(26)30(22)23)35(42)39(34)20-5-1-18(2-6-20)17-48-47/h1-16,47H,17H2,(H,45,46). The Morgan fingerprint density at radius 3 is 1.19 bits per heavy atom. The number of carbonyl (C=O) groups is 5. The van der Waals surface area contributed by atoms with Gasteiger partial charge in [0.05, 0.1) is 16.9 Å². The fourth-order valence-corrected chi connectivity index (χ4v) is 7.31. The van der Waals surface area contributed by atoms with Crippen molar-refractivity contribution >= 4 is 84.1 Å². The van der Waals surface area contributed by atoms with Crippen LogP contribution in [0.15, 0.2) is 97.1 Å². The summed E-state index contributed by atoms with van der Waals surface area (Å²) in [5.74, 6) is -3.10. The molecule has 9 rings (SSSR count). The molecule has 0 unspecified atom stereocenters. The molecule has 0 aliphatic carbocycles. The predicted octanol–water partition coefficient (Wildman–Crippen LogP) is 7.03. The van der Waals surface area contributed by atoms with Gasteiger partial charge in [-0.05, 0) is 98.5 Å². The van der Waals surface area contributed by atoms with Crippen LogP contribution in [0.2, 0.25) is 0 Å². The summed E-state index contributed by atoms with van der Waals surface area (Å²) < 4.78 is 0. The lowest BCUT2D eigenvalue weighted by atomic mass is 9.82. The van der Waals surface area contributed by atoms with Crippen LogP contribution in [-0.2, 0) is 11.5 Å². The molecule has 7 aromatic carbocycles. The average Bonchev–Trinajstić information content (AvgIpc) is 3.10. The van der Waals surface area contributed by atoms with Crippen LogP contribution in [0.5, 0.6) is 0 Å². The first-order chi connectivity index (χ1) is 23.3. The van der Waals surface area contributed by atoms with Crippen LogP contribution in [0.3, 0.4) is 0 Å². The number of benzene rings is 7. The van der Waals surface area contributed by atoms with Crippen molar-refractivity contribution in [3.63, 3.8) is 0 Å². The Kier molecular flexibility index (Phi) is 5.65. The van der Waals surface area contributed by atoms with Crippen LogP contribution in [0.4, 0.5) is 11.4 Å². The highest BCUT2D eigenvalue weighted by atomic mass is 17.1. The molecule has 10 heteroatoms. The van der Waals surface area contributed by atoms with Crippen LogP contribution in [0.1, 0.15) is 57.4 Å². The molecule has 48 heavy (non-hydrogen) atoms. The summed E-state index contributed by atoms with van der Waals surface area (Å²) in [5, 5.41) is 23.7. The number of fused-ring (bicyclic) bond motifs is 2. The second kappa shape index (κ2) is 9.76. The molecule has 2 aliphatic rings. The Hall–Kier alpha value is -6.49. The van der Waals surface area contributed by atoms with E-state index in [0.717, 1.165) is 42.1 Å². The number of amides is 4. The van der Waals surface area contributed by atoms with E-state index in [9.17, 15) is 29.1 Å². The molecule has 0 bridgehead atoms. The van der Waals surface area contributed by atoms with Crippen LogP contribution in [-0.4, -0.2) is 40.0 Å². The van der Waals surface area contributed by atoms with Gasteiger partial charge in [-0.25, -0.2) is 19.5 Å². The predicted molar refractivity (Wildman–Crippen MR) is 177 cm³/mol. The number of hydrogen-bond donors (Lipinski definition) is 2. The third-order valence-electron chi connectivity index (χ3n) is 9.43. The molecule has 230 valence electrons. The Morgan fingerprint density at radius 1 is 0.500 bits per heavy atom. The van der Waals surface area contributed by atoms with Crippen molar-refractivity contribution in [2.24, 2.45) is 0 Å². The molecular formula is C38H20N2O8. The van der Waals surface area contributed by atoms with Gasteiger partial charge in [0.2, 0.25) is 0 Å². The lowest BCUT2D eigenvalue weighted by Gasteiger charge is -2.30. The largest absolute Gasteiger partial charge is 0.478 e. The molecule has 2 N–H and O–H groups in total. The SMILES string of the molecule is O=C(O)c1ccc(N2C(=O)c3ccc4c5ccc6c7c(ccc(c8ccc(c3c48)C2=O)c75)C(=O)N(c2ccc(COO)cc2)C6=O)cc1. The fourth-order valence-electron chi connectivity index (χ4n) is 7.31. The summed E-state index contributed by atoms with van der Waals surface area (Å²) in [6, 6.07) is 26.3. The molecule has 0 spiro atoms. The van der Waals surface area contributed by atoms with Gasteiger partial charge in [-0.15, -0.1) is 0 Å². The molecule has 7 aromatic rings. The smallest absolute Gasteiger partial charge is 0.335 e. The molecule has 0 saturated carbocycles. The molecule has 0 saturated heterocycles. The highest BCUT2D eigenvalue weighted by Gasteiger charge is 2.38. The Labute approximate surface area is 269 Å². The van der Waals surface area contributed by atoms with Gasteiger partial charge in [0.25, 0.3) is 23.6 Å². The maximum Gasteiger partial charge on any atom is 0.335 e. The van der Waals surface area contributed by atoms with Crippen molar-refractivity contribution in [1.29, 1.82) is 0 Å². The van der Waals surface area contributed by atoms with Gasteiger partial charge < -0.3 is 5.11 Å². The van der Waals surface area contributed by atoms with E-state index < -0.39 is 29.6 Å². The quantitative estimate of drug-likeness (QED) is 0.0678. The van der Waals surface area contributed by atoms with Gasteiger partial charge >= 0.3 is 5.97 Å². The van der Waals surface area contributed by atoms with Gasteiger partial charge in [-0.3, -0.25) is 24.4 Å². The number of carbonyl (C=O) groups excluding carboxylic acids is 4. The molecule has 10 nitrogen and oxygen atoms in total. The van der Waals surface area contributed by atoms with Gasteiger partial charge in [-0.2, -0.15) is 0 Å². The third kappa shape index (κ3) is 3.55. The van der Waals surface area contributed by atoms with Gasteiger partial charge in [0, 0.05) is 33.0 Å². The van der Waals surface area contributed by atoms with Crippen LogP contribution >= 0.6 is 0 Å². The Morgan fingerprint density at radius 2 is 0.854 bits per heavy atom. The molecule has 2 heterocycles. The summed E-state index contributed by atoms with van der Waals surface area (Å²) in [7, 11) is 0. The van der Waals surface area contributed by atoms with E-state index in [-0.39, 0.29) is 17.9 Å². The highest BCUT2D eigenvalue weighted by molar-refractivity contribution is 6.45. The zero-order valence-corrected chi connectivity index (χ0v) is 24.7. The molecule has 2 aliphatic heterocycles. The first-order valence-corrected chi connectivity index (χ1v) is 14.9. The van der Waals surface area contributed by atoms with Crippen molar-refractivity contribution in [3.05, 3.63) is 130 Å². The summed E-state index contributed by atoms with van der Waals surface area (Å²) in [4.78, 5) is 73.4. The van der Waals surface area contributed by atoms with Crippen LogP contribution in [0.25, 0.3) is 43.1 Å².